The molecule has 0 aliphatic carbocycles. The lowest BCUT2D eigenvalue weighted by molar-refractivity contribution is -0.137. The summed E-state index contributed by atoms with van der Waals surface area (Å²) in [5.41, 5.74) is -0.259. The third kappa shape index (κ3) is 5.45. The first-order valence-corrected chi connectivity index (χ1v) is 8.26. The Balaban J connectivity index is 2.04. The molecular formula is C16H12F3IN2OS. The van der Waals surface area contributed by atoms with Crippen LogP contribution in [0, 0.1) is 3.57 Å². The van der Waals surface area contributed by atoms with Crippen LogP contribution in [0.5, 0.6) is 0 Å². The van der Waals surface area contributed by atoms with Crippen molar-refractivity contribution in [3.05, 3.63) is 63.2 Å². The number of carbonyl (C=O) groups excluding carboxylic acids is 1. The first-order valence-electron chi connectivity index (χ1n) is 6.77. The van der Waals surface area contributed by atoms with Gasteiger partial charge < -0.3 is 10.6 Å². The van der Waals surface area contributed by atoms with Gasteiger partial charge in [-0.2, -0.15) is 13.2 Å². The van der Waals surface area contributed by atoms with Crippen molar-refractivity contribution in [2.24, 2.45) is 0 Å². The summed E-state index contributed by atoms with van der Waals surface area (Å²) in [5.74, 6) is -0.405. The molecule has 2 N–H and O–H groups in total. The van der Waals surface area contributed by atoms with Crippen LogP contribution < -0.4 is 10.6 Å². The quantitative estimate of drug-likeness (QED) is 0.524. The molecule has 1 amide bonds. The average molecular weight is 464 g/mol. The monoisotopic (exact) mass is 464 g/mol. The van der Waals surface area contributed by atoms with Crippen molar-refractivity contribution in [2.45, 2.75) is 12.6 Å². The van der Waals surface area contributed by atoms with Crippen LogP contribution in [0.15, 0.2) is 48.5 Å². The second kappa shape index (κ2) is 7.93. The van der Waals surface area contributed by atoms with Gasteiger partial charge in [0.1, 0.15) is 0 Å². The lowest BCUT2D eigenvalue weighted by Gasteiger charge is -2.16. The Bertz CT molecular complexity index is 751. The van der Waals surface area contributed by atoms with E-state index in [-0.39, 0.29) is 17.2 Å². The Labute approximate surface area is 155 Å². The molecule has 0 fully saturated rings. The van der Waals surface area contributed by atoms with Crippen molar-refractivity contribution in [1.29, 1.82) is 0 Å². The maximum absolute atomic E-state index is 13.1. The number of hydrogen-bond acceptors (Lipinski definition) is 2. The summed E-state index contributed by atoms with van der Waals surface area (Å²) >= 11 is 6.73. The summed E-state index contributed by atoms with van der Waals surface area (Å²) in [7, 11) is 0. The summed E-state index contributed by atoms with van der Waals surface area (Å²) in [5, 5.41) is 4.64. The Hall–Kier alpha value is -1.68. The van der Waals surface area contributed by atoms with Crippen LogP contribution in [-0.4, -0.2) is 11.0 Å². The number of alkyl halides is 3. The highest BCUT2D eigenvalue weighted by molar-refractivity contribution is 14.1. The molecule has 0 unspecified atom stereocenters. The fraction of sp³-hybridized carbons (Fsp3) is 0.125. The number of thiocarbonyl (C=S) groups is 1. The van der Waals surface area contributed by atoms with Crippen LogP contribution >= 0.6 is 34.8 Å². The van der Waals surface area contributed by atoms with Gasteiger partial charge in [0.2, 0.25) is 5.91 Å². The molecule has 0 heterocycles. The zero-order valence-corrected chi connectivity index (χ0v) is 15.1. The third-order valence-corrected chi connectivity index (χ3v) is 3.87. The van der Waals surface area contributed by atoms with Crippen molar-refractivity contribution in [2.75, 3.05) is 5.32 Å². The minimum Gasteiger partial charge on any atom is -0.332 e. The van der Waals surface area contributed by atoms with Crippen molar-refractivity contribution < 1.29 is 18.0 Å². The van der Waals surface area contributed by atoms with Gasteiger partial charge in [0.25, 0.3) is 0 Å². The lowest BCUT2D eigenvalue weighted by Crippen LogP contribution is -2.35. The van der Waals surface area contributed by atoms with Gasteiger partial charge in [0, 0.05) is 3.57 Å². The molecule has 0 spiro atoms. The number of rotatable bonds is 3. The highest BCUT2D eigenvalue weighted by Gasteiger charge is 2.34. The fourth-order valence-corrected chi connectivity index (χ4v) is 2.68. The highest BCUT2D eigenvalue weighted by Crippen LogP contribution is 2.35. The molecule has 0 aliphatic heterocycles. The molecule has 24 heavy (non-hydrogen) atoms. The molecule has 0 aromatic heterocycles. The summed E-state index contributed by atoms with van der Waals surface area (Å²) in [4.78, 5) is 11.9. The molecule has 0 atom stereocenters. The molecule has 8 heteroatoms. The number of amides is 1. The second-order valence-corrected chi connectivity index (χ2v) is 6.51. The number of nitrogens with one attached hydrogen (secondary N) is 2. The molecule has 0 bridgehead atoms. The van der Waals surface area contributed by atoms with Crippen LogP contribution in [0.25, 0.3) is 0 Å². The van der Waals surface area contributed by atoms with E-state index in [4.69, 9.17) is 12.2 Å². The van der Waals surface area contributed by atoms with Gasteiger partial charge in [-0.25, -0.2) is 0 Å². The SMILES string of the molecule is O=C(Cc1ccccc1)NC(=S)Nc1ccc(I)cc1C(F)(F)F. The van der Waals surface area contributed by atoms with E-state index in [1.165, 1.54) is 12.1 Å². The molecule has 2 aromatic carbocycles. The molecule has 0 aliphatic rings. The van der Waals surface area contributed by atoms with E-state index in [9.17, 15) is 18.0 Å². The minimum absolute atomic E-state index is 0.0848. The maximum Gasteiger partial charge on any atom is 0.418 e. The van der Waals surface area contributed by atoms with Crippen LogP contribution in [-0.2, 0) is 17.4 Å². The van der Waals surface area contributed by atoms with Gasteiger partial charge in [-0.15, -0.1) is 0 Å². The van der Waals surface area contributed by atoms with E-state index < -0.39 is 17.6 Å². The van der Waals surface area contributed by atoms with Crippen molar-refractivity contribution in [1.82, 2.24) is 5.32 Å². The average Bonchev–Trinajstić information content (AvgIpc) is 2.48. The Kier molecular flexibility index (Phi) is 6.16. The number of anilines is 1. The number of benzene rings is 2. The van der Waals surface area contributed by atoms with Gasteiger partial charge in [0.15, 0.2) is 5.11 Å². The summed E-state index contributed by atoms with van der Waals surface area (Å²) in [6.45, 7) is 0. The number of hydrogen-bond donors (Lipinski definition) is 2. The van der Waals surface area contributed by atoms with Crippen molar-refractivity contribution in [3.8, 4) is 0 Å². The topological polar surface area (TPSA) is 41.1 Å². The van der Waals surface area contributed by atoms with Crippen LogP contribution in [0.4, 0.5) is 18.9 Å². The first kappa shape index (κ1) is 18.7. The standard InChI is InChI=1S/C16H12F3IN2OS/c17-16(18,19)12-9-11(20)6-7-13(12)21-15(24)22-14(23)8-10-4-2-1-3-5-10/h1-7,9H,8H2,(H2,21,22,23,24). The predicted octanol–water partition coefficient (Wildman–Crippen LogP) is 4.37. The van der Waals surface area contributed by atoms with Gasteiger partial charge in [-0.05, 0) is 58.6 Å². The molecule has 126 valence electrons. The smallest absolute Gasteiger partial charge is 0.332 e. The largest absolute Gasteiger partial charge is 0.418 e. The molecule has 0 saturated carbocycles. The van der Waals surface area contributed by atoms with E-state index in [2.05, 4.69) is 10.6 Å². The molecular weight excluding hydrogens is 452 g/mol. The second-order valence-electron chi connectivity index (χ2n) is 4.85. The molecule has 0 saturated heterocycles. The third-order valence-electron chi connectivity index (χ3n) is 3.00. The van der Waals surface area contributed by atoms with E-state index in [1.54, 1.807) is 46.9 Å². The number of halogens is 4. The van der Waals surface area contributed by atoms with Gasteiger partial charge in [-0.1, -0.05) is 30.3 Å². The predicted molar refractivity (Wildman–Crippen MR) is 98.7 cm³/mol. The van der Waals surface area contributed by atoms with Gasteiger partial charge >= 0.3 is 6.18 Å². The van der Waals surface area contributed by atoms with Gasteiger partial charge in [-0.3, -0.25) is 4.79 Å². The summed E-state index contributed by atoms with van der Waals surface area (Å²) < 4.78 is 39.6. The van der Waals surface area contributed by atoms with Gasteiger partial charge in [0.05, 0.1) is 17.7 Å². The Morgan fingerprint density at radius 2 is 1.79 bits per heavy atom. The highest BCUT2D eigenvalue weighted by atomic mass is 127. The molecule has 0 radical (unpaired) electrons. The Morgan fingerprint density at radius 1 is 1.12 bits per heavy atom. The summed E-state index contributed by atoms with van der Waals surface area (Å²) in [6, 6.07) is 12.8. The van der Waals surface area contributed by atoms with Crippen LogP contribution in [0.1, 0.15) is 11.1 Å². The fourth-order valence-electron chi connectivity index (χ4n) is 1.97. The van der Waals surface area contributed by atoms with Crippen molar-refractivity contribution >= 4 is 51.5 Å². The first-order chi connectivity index (χ1) is 11.3. The van der Waals surface area contributed by atoms with E-state index >= 15 is 0 Å². The van der Waals surface area contributed by atoms with E-state index in [0.717, 1.165) is 11.6 Å². The zero-order chi connectivity index (χ0) is 17.7. The molecule has 3 nitrogen and oxygen atoms in total. The van der Waals surface area contributed by atoms with E-state index in [1.807, 2.05) is 6.07 Å². The zero-order valence-electron chi connectivity index (χ0n) is 12.2. The van der Waals surface area contributed by atoms with Crippen LogP contribution in [0.3, 0.4) is 0 Å². The summed E-state index contributed by atoms with van der Waals surface area (Å²) in [6.07, 6.45) is -4.44. The normalized spacial score (nSPS) is 11.0. The molecule has 2 aromatic rings. The van der Waals surface area contributed by atoms with E-state index in [0.29, 0.717) is 3.57 Å². The number of carbonyl (C=O) groups is 1. The molecule has 2 rings (SSSR count). The Morgan fingerprint density at radius 3 is 2.42 bits per heavy atom. The van der Waals surface area contributed by atoms with Crippen LogP contribution in [0.2, 0.25) is 0 Å². The lowest BCUT2D eigenvalue weighted by atomic mass is 10.1. The van der Waals surface area contributed by atoms with Crippen molar-refractivity contribution in [3.63, 3.8) is 0 Å². The minimum atomic E-state index is -4.52. The maximum atomic E-state index is 13.1.